The van der Waals surface area contributed by atoms with Gasteiger partial charge in [0.25, 0.3) is 5.91 Å². The normalized spacial score (nSPS) is 9.79. The number of hydrogen-bond donors (Lipinski definition) is 1. The van der Waals surface area contributed by atoms with Gasteiger partial charge in [0, 0.05) is 12.0 Å². The highest BCUT2D eigenvalue weighted by Crippen LogP contribution is 2.12. The van der Waals surface area contributed by atoms with Crippen LogP contribution in [0.25, 0.3) is 0 Å². The van der Waals surface area contributed by atoms with Crippen LogP contribution < -0.4 is 10.2 Å². The molecule has 1 aromatic rings. The number of carbonyl (C=O) groups excluding carboxylic acids is 2. The van der Waals surface area contributed by atoms with Crippen molar-refractivity contribution in [2.45, 2.75) is 32.6 Å². The average molecular weight is 265 g/mol. The number of carbonyl (C=O) groups is 2. The molecule has 0 saturated heterocycles. The highest BCUT2D eigenvalue weighted by atomic mass is 16.7. The zero-order chi connectivity index (χ0) is 14.1. The lowest BCUT2D eigenvalue weighted by Crippen LogP contribution is -2.26. The van der Waals surface area contributed by atoms with Gasteiger partial charge < -0.3 is 9.57 Å². The summed E-state index contributed by atoms with van der Waals surface area (Å²) < 4.78 is 5.01. The Hall–Kier alpha value is -2.04. The molecule has 0 aromatic heterocycles. The summed E-state index contributed by atoms with van der Waals surface area (Å²) in [4.78, 5) is 27.7. The summed E-state index contributed by atoms with van der Waals surface area (Å²) in [5.74, 6) is -0.325. The Morgan fingerprint density at radius 1 is 1.26 bits per heavy atom. The topological polar surface area (TPSA) is 64.6 Å². The van der Waals surface area contributed by atoms with Crippen molar-refractivity contribution >= 4 is 11.9 Å². The predicted molar refractivity (Wildman–Crippen MR) is 70.7 cm³/mol. The van der Waals surface area contributed by atoms with Crippen LogP contribution in [-0.4, -0.2) is 19.0 Å². The van der Waals surface area contributed by atoms with Gasteiger partial charge in [0.05, 0.1) is 7.11 Å². The van der Waals surface area contributed by atoms with E-state index in [9.17, 15) is 9.59 Å². The van der Waals surface area contributed by atoms with Crippen molar-refractivity contribution in [3.63, 3.8) is 0 Å². The number of methoxy groups -OCH3 is 1. The maximum Gasteiger partial charge on any atom is 0.332 e. The molecule has 0 aliphatic rings. The second kappa shape index (κ2) is 8.13. The van der Waals surface area contributed by atoms with Crippen LogP contribution in [0.3, 0.4) is 0 Å². The van der Waals surface area contributed by atoms with Gasteiger partial charge in [0.2, 0.25) is 0 Å². The fourth-order valence-electron chi connectivity index (χ4n) is 1.50. The standard InChI is InChI=1S/C14H19NO4/c1-3-4-5-9-13(16)19-15-14(17)11-7-6-8-12(10-11)18-2/h6-8,10H,3-5,9H2,1-2H3,(H,15,17). The van der Waals surface area contributed by atoms with E-state index in [2.05, 4.69) is 12.4 Å². The van der Waals surface area contributed by atoms with Crippen LogP contribution >= 0.6 is 0 Å². The molecule has 1 amide bonds. The van der Waals surface area contributed by atoms with Crippen molar-refractivity contribution in [1.82, 2.24) is 5.48 Å². The molecule has 0 fully saturated rings. The van der Waals surface area contributed by atoms with Gasteiger partial charge in [-0.2, -0.15) is 5.48 Å². The third kappa shape index (κ3) is 5.42. The average Bonchev–Trinajstić information content (AvgIpc) is 2.45. The van der Waals surface area contributed by atoms with Crippen LogP contribution in [0.2, 0.25) is 0 Å². The Labute approximate surface area is 112 Å². The van der Waals surface area contributed by atoms with Gasteiger partial charge in [-0.1, -0.05) is 25.8 Å². The van der Waals surface area contributed by atoms with Crippen molar-refractivity contribution in [3.05, 3.63) is 29.8 Å². The van der Waals surface area contributed by atoms with Crippen molar-refractivity contribution in [1.29, 1.82) is 0 Å². The number of nitrogens with one attached hydrogen (secondary N) is 1. The van der Waals surface area contributed by atoms with Crippen LogP contribution in [0.4, 0.5) is 0 Å². The molecule has 0 aliphatic heterocycles. The molecule has 0 saturated carbocycles. The molecule has 1 rings (SSSR count). The molecule has 5 heteroatoms. The highest BCUT2D eigenvalue weighted by Gasteiger charge is 2.09. The van der Waals surface area contributed by atoms with E-state index in [-0.39, 0.29) is 0 Å². The Morgan fingerprint density at radius 3 is 2.74 bits per heavy atom. The van der Waals surface area contributed by atoms with E-state index in [0.29, 0.717) is 17.7 Å². The summed E-state index contributed by atoms with van der Waals surface area (Å²) in [6.45, 7) is 2.05. The Balaban J connectivity index is 2.40. The first-order valence-electron chi connectivity index (χ1n) is 6.31. The zero-order valence-corrected chi connectivity index (χ0v) is 11.3. The Bertz CT molecular complexity index is 431. The number of amides is 1. The third-order valence-electron chi connectivity index (χ3n) is 2.57. The Kier molecular flexibility index (Phi) is 6.43. The first-order valence-corrected chi connectivity index (χ1v) is 6.31. The van der Waals surface area contributed by atoms with Gasteiger partial charge in [0.15, 0.2) is 0 Å². The van der Waals surface area contributed by atoms with Crippen LogP contribution in [-0.2, 0) is 9.63 Å². The van der Waals surface area contributed by atoms with Gasteiger partial charge in [0.1, 0.15) is 5.75 Å². The minimum atomic E-state index is -0.470. The third-order valence-corrected chi connectivity index (χ3v) is 2.57. The number of hydrogen-bond acceptors (Lipinski definition) is 4. The minimum absolute atomic E-state index is 0.312. The van der Waals surface area contributed by atoms with Gasteiger partial charge in [-0.3, -0.25) is 4.79 Å². The summed E-state index contributed by atoms with van der Waals surface area (Å²) in [5, 5.41) is 0. The molecule has 5 nitrogen and oxygen atoms in total. The summed E-state index contributed by atoms with van der Waals surface area (Å²) >= 11 is 0. The van der Waals surface area contributed by atoms with Gasteiger partial charge >= 0.3 is 5.97 Å². The van der Waals surface area contributed by atoms with Crippen molar-refractivity contribution in [2.75, 3.05) is 7.11 Å². The second-order valence-corrected chi connectivity index (χ2v) is 4.09. The second-order valence-electron chi connectivity index (χ2n) is 4.09. The largest absolute Gasteiger partial charge is 0.497 e. The van der Waals surface area contributed by atoms with Crippen LogP contribution in [0.5, 0.6) is 5.75 Å². The number of ether oxygens (including phenoxy) is 1. The van der Waals surface area contributed by atoms with Gasteiger partial charge in [-0.05, 0) is 24.6 Å². The van der Waals surface area contributed by atoms with Crippen LogP contribution in [0, 0.1) is 0 Å². The summed E-state index contributed by atoms with van der Waals surface area (Å²) in [6.07, 6.45) is 3.08. The number of rotatable bonds is 6. The van der Waals surface area contributed by atoms with Gasteiger partial charge in [-0.25, -0.2) is 4.79 Å². The quantitative estimate of drug-likeness (QED) is 0.634. The van der Waals surface area contributed by atoms with Crippen LogP contribution in [0.15, 0.2) is 24.3 Å². The van der Waals surface area contributed by atoms with E-state index >= 15 is 0 Å². The lowest BCUT2D eigenvalue weighted by molar-refractivity contribution is -0.149. The SMILES string of the molecule is CCCCCC(=O)ONC(=O)c1cccc(OC)c1. The molecule has 0 bridgehead atoms. The fraction of sp³-hybridized carbons (Fsp3) is 0.429. The molecular formula is C14H19NO4. The molecule has 0 aliphatic carbocycles. The van der Waals surface area contributed by atoms with Crippen LogP contribution in [0.1, 0.15) is 43.0 Å². The molecule has 104 valence electrons. The van der Waals surface area contributed by atoms with E-state index in [1.165, 1.54) is 7.11 Å². The Morgan fingerprint density at radius 2 is 2.05 bits per heavy atom. The van der Waals surface area contributed by atoms with E-state index < -0.39 is 11.9 Å². The molecule has 0 atom stereocenters. The first-order chi connectivity index (χ1) is 9.17. The van der Waals surface area contributed by atoms with Crippen molar-refractivity contribution < 1.29 is 19.2 Å². The summed E-state index contributed by atoms with van der Waals surface area (Å²) in [5.41, 5.74) is 2.51. The highest BCUT2D eigenvalue weighted by molar-refractivity contribution is 5.94. The molecule has 19 heavy (non-hydrogen) atoms. The summed E-state index contributed by atoms with van der Waals surface area (Å²) in [7, 11) is 1.52. The van der Waals surface area contributed by atoms with E-state index in [0.717, 1.165) is 19.3 Å². The first kappa shape index (κ1) is 15.0. The van der Waals surface area contributed by atoms with E-state index in [4.69, 9.17) is 9.57 Å². The molecule has 0 unspecified atom stereocenters. The van der Waals surface area contributed by atoms with Crippen molar-refractivity contribution in [3.8, 4) is 5.75 Å². The van der Waals surface area contributed by atoms with E-state index in [1.807, 2.05) is 0 Å². The number of unbranched alkanes of at least 4 members (excludes halogenated alkanes) is 2. The lowest BCUT2D eigenvalue weighted by atomic mass is 10.2. The summed E-state index contributed by atoms with van der Waals surface area (Å²) in [6, 6.07) is 6.60. The van der Waals surface area contributed by atoms with Gasteiger partial charge in [-0.15, -0.1) is 0 Å². The molecule has 1 aromatic carbocycles. The minimum Gasteiger partial charge on any atom is -0.497 e. The number of hydroxylamine groups is 1. The van der Waals surface area contributed by atoms with E-state index in [1.54, 1.807) is 24.3 Å². The lowest BCUT2D eigenvalue weighted by Gasteiger charge is -2.06. The molecule has 0 radical (unpaired) electrons. The molecule has 0 spiro atoms. The maximum absolute atomic E-state index is 11.7. The maximum atomic E-state index is 11.7. The molecule has 0 heterocycles. The molecular weight excluding hydrogens is 246 g/mol. The monoisotopic (exact) mass is 265 g/mol. The fourth-order valence-corrected chi connectivity index (χ4v) is 1.50. The smallest absolute Gasteiger partial charge is 0.332 e. The molecule has 1 N–H and O–H groups in total. The van der Waals surface area contributed by atoms with Crippen molar-refractivity contribution in [2.24, 2.45) is 0 Å². The zero-order valence-electron chi connectivity index (χ0n) is 11.3. The number of benzene rings is 1. The predicted octanol–water partition coefficient (Wildman–Crippen LogP) is 2.46.